The first-order chi connectivity index (χ1) is 9.11. The van der Waals surface area contributed by atoms with Crippen LogP contribution in [0, 0.1) is 0 Å². The van der Waals surface area contributed by atoms with Crippen molar-refractivity contribution in [1.29, 1.82) is 0 Å². The third-order valence-corrected chi connectivity index (χ3v) is 4.64. The van der Waals surface area contributed by atoms with Crippen molar-refractivity contribution >= 4 is 23.2 Å². The molecule has 0 saturated carbocycles. The molecule has 0 radical (unpaired) electrons. The zero-order valence-corrected chi connectivity index (χ0v) is 11.9. The number of carboxylic acid groups (broad SMARTS) is 1. The van der Waals surface area contributed by atoms with Gasteiger partial charge in [0.1, 0.15) is 0 Å². The number of thiophene rings is 1. The number of rotatable bonds is 6. The molecule has 0 aliphatic carbocycles. The van der Waals surface area contributed by atoms with E-state index >= 15 is 0 Å². The van der Waals surface area contributed by atoms with Crippen LogP contribution in [0.2, 0.25) is 0 Å². The lowest BCUT2D eigenvalue weighted by Crippen LogP contribution is -2.33. The number of amides is 1. The molecule has 104 valence electrons. The van der Waals surface area contributed by atoms with Gasteiger partial charge in [-0.1, -0.05) is 6.92 Å². The molecule has 2 heterocycles. The highest BCUT2D eigenvalue weighted by molar-refractivity contribution is 7.10. The van der Waals surface area contributed by atoms with E-state index in [4.69, 9.17) is 5.11 Å². The van der Waals surface area contributed by atoms with E-state index in [0.717, 1.165) is 37.1 Å². The van der Waals surface area contributed by atoms with Crippen LogP contribution in [0.1, 0.15) is 47.8 Å². The zero-order valence-electron chi connectivity index (χ0n) is 11.1. The first-order valence-electron chi connectivity index (χ1n) is 6.72. The van der Waals surface area contributed by atoms with Gasteiger partial charge in [-0.15, -0.1) is 11.3 Å². The summed E-state index contributed by atoms with van der Waals surface area (Å²) in [6, 6.07) is 2.14. The van der Waals surface area contributed by atoms with Crippen LogP contribution in [-0.2, 0) is 11.2 Å². The van der Waals surface area contributed by atoms with Crippen molar-refractivity contribution in [2.75, 3.05) is 6.54 Å². The smallest absolute Gasteiger partial charge is 0.336 e. The molecule has 0 bridgehead atoms. The van der Waals surface area contributed by atoms with E-state index < -0.39 is 5.97 Å². The van der Waals surface area contributed by atoms with Crippen molar-refractivity contribution in [2.24, 2.45) is 0 Å². The highest BCUT2D eigenvalue weighted by Gasteiger charge is 2.28. The fraction of sp³-hybridized carbons (Fsp3) is 0.571. The van der Waals surface area contributed by atoms with E-state index in [2.05, 4.69) is 6.92 Å². The highest BCUT2D eigenvalue weighted by atomic mass is 32.1. The fourth-order valence-electron chi connectivity index (χ4n) is 2.57. The number of nitrogens with zero attached hydrogens (tertiary/aromatic N) is 1. The van der Waals surface area contributed by atoms with E-state index in [1.807, 2.05) is 4.90 Å². The lowest BCUT2D eigenvalue weighted by atomic mass is 10.1. The number of hydrogen-bond acceptors (Lipinski definition) is 3. The van der Waals surface area contributed by atoms with Crippen molar-refractivity contribution < 1.29 is 14.7 Å². The Morgan fingerprint density at radius 1 is 1.58 bits per heavy atom. The number of hydrogen-bond donors (Lipinski definition) is 1. The van der Waals surface area contributed by atoms with Crippen LogP contribution in [0.25, 0.3) is 0 Å². The number of likely N-dealkylation sites (tertiary alicyclic amines) is 1. The quantitative estimate of drug-likeness (QED) is 0.872. The summed E-state index contributed by atoms with van der Waals surface area (Å²) in [7, 11) is 0. The molecule has 4 nitrogen and oxygen atoms in total. The molecule has 1 aromatic heterocycles. The largest absolute Gasteiger partial charge is 0.478 e. The SMILES string of the molecule is CCC1CCC(=O)N1CCCc1cc(C(=O)O)cs1. The standard InChI is InChI=1S/C14H19NO3S/c1-2-11-5-6-13(16)15(11)7-3-4-12-8-10(9-19-12)14(17)18/h8-9,11H,2-7H2,1H3,(H,17,18). The molecule has 5 heteroatoms. The summed E-state index contributed by atoms with van der Waals surface area (Å²) in [5, 5.41) is 10.5. The summed E-state index contributed by atoms with van der Waals surface area (Å²) in [6.45, 7) is 2.91. The molecular formula is C14H19NO3S. The Hall–Kier alpha value is -1.36. The van der Waals surface area contributed by atoms with Crippen molar-refractivity contribution in [3.63, 3.8) is 0 Å². The Balaban J connectivity index is 1.82. The molecule has 0 spiro atoms. The van der Waals surface area contributed by atoms with E-state index in [1.54, 1.807) is 11.4 Å². The van der Waals surface area contributed by atoms with Crippen LogP contribution in [0.15, 0.2) is 11.4 Å². The molecule has 1 fully saturated rings. The van der Waals surface area contributed by atoms with Crippen LogP contribution in [0.4, 0.5) is 0 Å². The normalized spacial score (nSPS) is 19.1. The third kappa shape index (κ3) is 3.35. The van der Waals surface area contributed by atoms with Gasteiger partial charge < -0.3 is 10.0 Å². The van der Waals surface area contributed by atoms with Gasteiger partial charge in [0.15, 0.2) is 0 Å². The molecule has 1 aromatic rings. The van der Waals surface area contributed by atoms with Gasteiger partial charge in [-0.25, -0.2) is 4.79 Å². The van der Waals surface area contributed by atoms with E-state index in [9.17, 15) is 9.59 Å². The maximum atomic E-state index is 11.7. The average Bonchev–Trinajstić information content (AvgIpc) is 2.98. The van der Waals surface area contributed by atoms with E-state index in [1.165, 1.54) is 11.3 Å². The average molecular weight is 281 g/mol. The second-order valence-electron chi connectivity index (χ2n) is 4.90. The highest BCUT2D eigenvalue weighted by Crippen LogP contribution is 2.22. The van der Waals surface area contributed by atoms with Gasteiger partial charge >= 0.3 is 5.97 Å². The molecular weight excluding hydrogens is 262 g/mol. The van der Waals surface area contributed by atoms with E-state index in [0.29, 0.717) is 18.0 Å². The summed E-state index contributed by atoms with van der Waals surface area (Å²) < 4.78 is 0. The molecule has 2 rings (SSSR count). The van der Waals surface area contributed by atoms with Gasteiger partial charge in [0.2, 0.25) is 5.91 Å². The van der Waals surface area contributed by atoms with Crippen molar-refractivity contribution in [3.05, 3.63) is 21.9 Å². The molecule has 0 aromatic carbocycles. The van der Waals surface area contributed by atoms with Crippen LogP contribution in [-0.4, -0.2) is 34.5 Å². The van der Waals surface area contributed by atoms with Crippen molar-refractivity contribution in [2.45, 2.75) is 45.1 Å². The fourth-order valence-corrected chi connectivity index (χ4v) is 3.48. The van der Waals surface area contributed by atoms with Crippen LogP contribution in [0.3, 0.4) is 0 Å². The summed E-state index contributed by atoms with van der Waals surface area (Å²) in [5.74, 6) is -0.604. The molecule has 1 amide bonds. The Labute approximate surface area is 117 Å². The molecule has 1 saturated heterocycles. The summed E-state index contributed by atoms with van der Waals surface area (Å²) >= 11 is 1.48. The van der Waals surface area contributed by atoms with Gasteiger partial charge in [0, 0.05) is 29.3 Å². The second kappa shape index (κ2) is 6.19. The molecule has 19 heavy (non-hydrogen) atoms. The minimum atomic E-state index is -0.872. The Morgan fingerprint density at radius 2 is 2.37 bits per heavy atom. The van der Waals surface area contributed by atoms with Crippen molar-refractivity contribution in [3.8, 4) is 0 Å². The van der Waals surface area contributed by atoms with Crippen molar-refractivity contribution in [1.82, 2.24) is 4.90 Å². The minimum Gasteiger partial charge on any atom is -0.478 e. The number of carboxylic acids is 1. The summed E-state index contributed by atoms with van der Waals surface area (Å²) in [4.78, 5) is 25.6. The summed E-state index contributed by atoms with van der Waals surface area (Å²) in [5.41, 5.74) is 0.365. The molecule has 1 aliphatic rings. The Bertz CT molecular complexity index is 469. The van der Waals surface area contributed by atoms with Crippen LogP contribution < -0.4 is 0 Å². The lowest BCUT2D eigenvalue weighted by Gasteiger charge is -2.23. The second-order valence-corrected chi connectivity index (χ2v) is 5.89. The van der Waals surface area contributed by atoms with Crippen LogP contribution in [0.5, 0.6) is 0 Å². The zero-order chi connectivity index (χ0) is 13.8. The predicted molar refractivity (Wildman–Crippen MR) is 74.6 cm³/mol. The first kappa shape index (κ1) is 14.1. The minimum absolute atomic E-state index is 0.268. The lowest BCUT2D eigenvalue weighted by molar-refractivity contribution is -0.129. The maximum absolute atomic E-state index is 11.7. The van der Waals surface area contributed by atoms with Gasteiger partial charge in [-0.3, -0.25) is 4.79 Å². The Morgan fingerprint density at radius 3 is 3.00 bits per heavy atom. The molecule has 1 atom stereocenters. The molecule has 1 aliphatic heterocycles. The Kier molecular flexibility index (Phi) is 4.58. The third-order valence-electron chi connectivity index (χ3n) is 3.65. The van der Waals surface area contributed by atoms with Gasteiger partial charge in [-0.2, -0.15) is 0 Å². The monoisotopic (exact) mass is 281 g/mol. The molecule has 1 unspecified atom stereocenters. The van der Waals surface area contributed by atoms with Gasteiger partial charge in [0.25, 0.3) is 0 Å². The first-order valence-corrected chi connectivity index (χ1v) is 7.60. The topological polar surface area (TPSA) is 57.6 Å². The van der Waals surface area contributed by atoms with Crippen LogP contribution >= 0.6 is 11.3 Å². The van der Waals surface area contributed by atoms with Gasteiger partial charge in [0.05, 0.1) is 5.56 Å². The van der Waals surface area contributed by atoms with Gasteiger partial charge in [-0.05, 0) is 31.7 Å². The maximum Gasteiger partial charge on any atom is 0.336 e. The number of aryl methyl sites for hydroxylation is 1. The van der Waals surface area contributed by atoms with E-state index in [-0.39, 0.29) is 5.91 Å². The predicted octanol–water partition coefficient (Wildman–Crippen LogP) is 2.78. The molecule has 1 N–H and O–H groups in total. The number of carbonyl (C=O) groups is 2. The number of aromatic carboxylic acids is 1. The number of carbonyl (C=O) groups excluding carboxylic acids is 1. The summed E-state index contributed by atoms with van der Waals surface area (Å²) in [6.07, 6.45) is 4.44.